The molecule has 0 aromatic heterocycles. The molecule has 1 aliphatic heterocycles. The Bertz CT molecular complexity index is 723. The standard InChI is InChI=1S/C21H26N2O5.ClH/c24-16-11-22-17(19(26)20(27)18(16)25)21(28)23(12-14-7-3-1-4-8-14)13-15-9-5-2-6-10-15;/h1-10,16-20,22,24-27H,11-13H2;1H/t16-,17+,18-,19-,20+;/m1./s1. The summed E-state index contributed by atoms with van der Waals surface area (Å²) in [7, 11) is 0. The first-order valence-corrected chi connectivity index (χ1v) is 9.29. The van der Waals surface area contributed by atoms with E-state index in [0.29, 0.717) is 13.1 Å². The molecule has 0 radical (unpaired) electrons. The van der Waals surface area contributed by atoms with E-state index in [9.17, 15) is 25.2 Å². The number of hydrogen-bond acceptors (Lipinski definition) is 6. The average molecular weight is 423 g/mol. The van der Waals surface area contributed by atoms with Gasteiger partial charge in [0.15, 0.2) is 0 Å². The second-order valence-electron chi connectivity index (χ2n) is 7.09. The number of aliphatic hydroxyl groups is 4. The lowest BCUT2D eigenvalue weighted by molar-refractivity contribution is -0.142. The summed E-state index contributed by atoms with van der Waals surface area (Å²) in [5, 5.41) is 43.0. The minimum absolute atomic E-state index is 0. The van der Waals surface area contributed by atoms with E-state index in [-0.39, 0.29) is 19.0 Å². The van der Waals surface area contributed by atoms with Crippen LogP contribution >= 0.6 is 12.4 Å². The SMILES string of the molecule is Cl.O=C([C@H]1NC[C@@H](O)[C@@H](O)[C@H](O)[C@@H]1O)N(Cc1ccccc1)Cc1ccccc1. The van der Waals surface area contributed by atoms with Gasteiger partial charge in [0.05, 0.1) is 6.10 Å². The topological polar surface area (TPSA) is 113 Å². The van der Waals surface area contributed by atoms with E-state index in [1.807, 2.05) is 60.7 Å². The molecule has 7 nitrogen and oxygen atoms in total. The Morgan fingerprint density at radius 1 is 0.828 bits per heavy atom. The molecule has 1 aliphatic rings. The van der Waals surface area contributed by atoms with Gasteiger partial charge in [0.25, 0.3) is 0 Å². The quantitative estimate of drug-likeness (QED) is 0.465. The number of β-amino-alcohol motifs (C(OH)–C–C–N with tert-alkyl or cyclic N) is 1. The summed E-state index contributed by atoms with van der Waals surface area (Å²) in [5.41, 5.74) is 1.85. The van der Waals surface area contributed by atoms with Gasteiger partial charge in [-0.1, -0.05) is 60.7 Å². The molecule has 0 unspecified atom stereocenters. The first kappa shape index (κ1) is 23.3. The van der Waals surface area contributed by atoms with Gasteiger partial charge in [-0.2, -0.15) is 0 Å². The monoisotopic (exact) mass is 422 g/mol. The van der Waals surface area contributed by atoms with Gasteiger partial charge in [-0.25, -0.2) is 0 Å². The maximum atomic E-state index is 13.3. The highest BCUT2D eigenvalue weighted by Gasteiger charge is 2.42. The van der Waals surface area contributed by atoms with Crippen LogP contribution in [0.1, 0.15) is 11.1 Å². The first-order chi connectivity index (χ1) is 13.5. The van der Waals surface area contributed by atoms with Crippen molar-refractivity contribution in [3.63, 3.8) is 0 Å². The van der Waals surface area contributed by atoms with E-state index in [2.05, 4.69) is 5.32 Å². The fourth-order valence-electron chi connectivity index (χ4n) is 3.37. The van der Waals surface area contributed by atoms with Gasteiger partial charge in [0, 0.05) is 19.6 Å². The molecule has 5 N–H and O–H groups in total. The largest absolute Gasteiger partial charge is 0.389 e. The third-order valence-corrected chi connectivity index (χ3v) is 4.99. The van der Waals surface area contributed by atoms with Crippen LogP contribution in [0, 0.1) is 0 Å². The van der Waals surface area contributed by atoms with E-state index >= 15 is 0 Å². The Hall–Kier alpha value is -2.00. The molecule has 0 aliphatic carbocycles. The minimum atomic E-state index is -1.63. The molecule has 1 fully saturated rings. The van der Waals surface area contributed by atoms with E-state index in [4.69, 9.17) is 0 Å². The Kier molecular flexibility index (Phi) is 8.58. The zero-order valence-corrected chi connectivity index (χ0v) is 16.7. The number of aliphatic hydroxyl groups excluding tert-OH is 4. The number of nitrogens with zero attached hydrogens (tertiary/aromatic N) is 1. The van der Waals surface area contributed by atoms with Gasteiger partial charge in [0.2, 0.25) is 5.91 Å². The average Bonchev–Trinajstić information content (AvgIpc) is 2.81. The zero-order chi connectivity index (χ0) is 20.1. The van der Waals surface area contributed by atoms with Gasteiger partial charge in [0.1, 0.15) is 24.4 Å². The third-order valence-electron chi connectivity index (χ3n) is 4.99. The van der Waals surface area contributed by atoms with Gasteiger partial charge < -0.3 is 30.6 Å². The molecule has 8 heteroatoms. The zero-order valence-electron chi connectivity index (χ0n) is 15.8. The summed E-state index contributed by atoms with van der Waals surface area (Å²) in [6.45, 7) is 0.525. The molecule has 2 aromatic rings. The number of halogens is 1. The molecule has 3 rings (SSSR count). The molecule has 1 amide bonds. The van der Waals surface area contributed by atoms with E-state index in [1.54, 1.807) is 4.90 Å². The number of rotatable bonds is 5. The summed E-state index contributed by atoms with van der Waals surface area (Å²) in [5.74, 6) is -0.416. The normalized spacial score (nSPS) is 26.8. The van der Waals surface area contributed by atoms with Crippen LogP contribution in [0.2, 0.25) is 0 Å². The summed E-state index contributed by atoms with van der Waals surface area (Å²) in [6, 6.07) is 17.8. The molecule has 29 heavy (non-hydrogen) atoms. The molecule has 0 spiro atoms. The number of nitrogens with one attached hydrogen (secondary N) is 1. The van der Waals surface area contributed by atoms with Crippen molar-refractivity contribution in [1.82, 2.24) is 10.2 Å². The minimum Gasteiger partial charge on any atom is -0.389 e. The lowest BCUT2D eigenvalue weighted by Crippen LogP contribution is -2.55. The lowest BCUT2D eigenvalue weighted by atomic mass is 9.99. The molecule has 1 heterocycles. The Morgan fingerprint density at radius 2 is 1.31 bits per heavy atom. The maximum absolute atomic E-state index is 13.3. The summed E-state index contributed by atoms with van der Waals surface area (Å²) in [6.07, 6.45) is -5.99. The van der Waals surface area contributed by atoms with Crippen LogP contribution < -0.4 is 5.32 Å². The van der Waals surface area contributed by atoms with Crippen molar-refractivity contribution in [2.45, 2.75) is 43.5 Å². The number of hydrogen-bond donors (Lipinski definition) is 5. The van der Waals surface area contributed by atoms with Crippen LogP contribution in [0.4, 0.5) is 0 Å². The molecule has 1 saturated heterocycles. The third kappa shape index (κ3) is 5.76. The van der Waals surface area contributed by atoms with Crippen molar-refractivity contribution in [3.05, 3.63) is 71.8 Å². The fourth-order valence-corrected chi connectivity index (χ4v) is 3.37. The fraction of sp³-hybridized carbons (Fsp3) is 0.381. The van der Waals surface area contributed by atoms with Gasteiger partial charge in [-0.05, 0) is 11.1 Å². The van der Waals surface area contributed by atoms with Gasteiger partial charge in [-0.3, -0.25) is 4.79 Å². The summed E-state index contributed by atoms with van der Waals surface area (Å²) in [4.78, 5) is 14.8. The van der Waals surface area contributed by atoms with E-state index in [0.717, 1.165) is 11.1 Å². The van der Waals surface area contributed by atoms with Crippen molar-refractivity contribution in [3.8, 4) is 0 Å². The molecule has 5 atom stereocenters. The maximum Gasteiger partial charge on any atom is 0.243 e. The van der Waals surface area contributed by atoms with Crippen LogP contribution in [0.25, 0.3) is 0 Å². The second-order valence-corrected chi connectivity index (χ2v) is 7.09. The van der Waals surface area contributed by atoms with Crippen LogP contribution in [-0.4, -0.2) is 68.2 Å². The Morgan fingerprint density at radius 3 is 1.79 bits per heavy atom. The predicted octanol–water partition coefficient (Wildman–Crippen LogP) is 0.0526. The highest BCUT2D eigenvalue weighted by atomic mass is 35.5. The van der Waals surface area contributed by atoms with Gasteiger partial charge in [-0.15, -0.1) is 12.4 Å². The van der Waals surface area contributed by atoms with Crippen molar-refractivity contribution >= 4 is 18.3 Å². The first-order valence-electron chi connectivity index (χ1n) is 9.29. The summed E-state index contributed by atoms with van der Waals surface area (Å²) < 4.78 is 0. The highest BCUT2D eigenvalue weighted by molar-refractivity contribution is 5.85. The number of carbonyl (C=O) groups excluding carboxylic acids is 1. The second kappa shape index (κ2) is 10.7. The van der Waals surface area contributed by atoms with E-state index < -0.39 is 36.4 Å². The Labute approximate surface area is 176 Å². The van der Waals surface area contributed by atoms with Crippen LogP contribution in [-0.2, 0) is 17.9 Å². The number of carbonyl (C=O) groups is 1. The molecule has 0 saturated carbocycles. The molecule has 2 aromatic carbocycles. The molecule has 0 bridgehead atoms. The Balaban J connectivity index is 0.00000300. The molecular weight excluding hydrogens is 396 g/mol. The highest BCUT2D eigenvalue weighted by Crippen LogP contribution is 2.18. The smallest absolute Gasteiger partial charge is 0.243 e. The molecular formula is C21H27ClN2O5. The van der Waals surface area contributed by atoms with Crippen molar-refractivity contribution < 1.29 is 25.2 Å². The van der Waals surface area contributed by atoms with Crippen molar-refractivity contribution in [2.75, 3.05) is 6.54 Å². The number of benzene rings is 2. The van der Waals surface area contributed by atoms with Gasteiger partial charge >= 0.3 is 0 Å². The van der Waals surface area contributed by atoms with E-state index in [1.165, 1.54) is 0 Å². The number of amides is 1. The van der Waals surface area contributed by atoms with Crippen molar-refractivity contribution in [1.29, 1.82) is 0 Å². The van der Waals surface area contributed by atoms with Crippen molar-refractivity contribution in [2.24, 2.45) is 0 Å². The van der Waals surface area contributed by atoms with Crippen LogP contribution in [0.3, 0.4) is 0 Å². The molecule has 158 valence electrons. The van der Waals surface area contributed by atoms with Crippen LogP contribution in [0.15, 0.2) is 60.7 Å². The summed E-state index contributed by atoms with van der Waals surface area (Å²) >= 11 is 0. The van der Waals surface area contributed by atoms with Crippen LogP contribution in [0.5, 0.6) is 0 Å². The lowest BCUT2D eigenvalue weighted by Gasteiger charge is -2.31. The predicted molar refractivity (Wildman–Crippen MR) is 110 cm³/mol.